The number of rotatable bonds is 4. The van der Waals surface area contributed by atoms with Crippen molar-refractivity contribution in [2.75, 3.05) is 18.0 Å². The second kappa shape index (κ2) is 4.81. The third-order valence-electron chi connectivity index (χ3n) is 1.98. The van der Waals surface area contributed by atoms with Gasteiger partial charge in [0.15, 0.2) is 0 Å². The number of aliphatic hydroxyl groups is 1. The van der Waals surface area contributed by atoms with Gasteiger partial charge in [0.1, 0.15) is 11.0 Å². The molecule has 15 heavy (non-hydrogen) atoms. The predicted molar refractivity (Wildman–Crippen MR) is 63.4 cm³/mol. The summed E-state index contributed by atoms with van der Waals surface area (Å²) in [7, 11) is 0. The van der Waals surface area contributed by atoms with Gasteiger partial charge in [0.2, 0.25) is 0 Å². The molecular weight excluding hydrogens is 212 g/mol. The van der Waals surface area contributed by atoms with E-state index in [-0.39, 0.29) is 0 Å². The van der Waals surface area contributed by atoms with Crippen LogP contribution in [-0.2, 0) is 0 Å². The zero-order valence-electron chi connectivity index (χ0n) is 9.37. The summed E-state index contributed by atoms with van der Waals surface area (Å²) in [6.45, 7) is 6.91. The molecule has 84 valence electrons. The van der Waals surface area contributed by atoms with Crippen molar-refractivity contribution in [2.24, 2.45) is 0 Å². The first-order valence-electron chi connectivity index (χ1n) is 5.02. The van der Waals surface area contributed by atoms with E-state index in [4.69, 9.17) is 11.6 Å². The van der Waals surface area contributed by atoms with Gasteiger partial charge in [-0.2, -0.15) is 0 Å². The highest BCUT2D eigenvalue weighted by Crippen LogP contribution is 2.16. The van der Waals surface area contributed by atoms with Crippen LogP contribution in [0.1, 0.15) is 20.8 Å². The maximum absolute atomic E-state index is 9.75. The summed E-state index contributed by atoms with van der Waals surface area (Å²) in [6.07, 6.45) is 0. The normalized spacial score (nSPS) is 11.5. The Balaban J connectivity index is 2.83. The molecule has 0 atom stereocenters. The minimum Gasteiger partial charge on any atom is -0.389 e. The summed E-state index contributed by atoms with van der Waals surface area (Å²) in [6, 6.07) is 5.49. The fourth-order valence-electron chi connectivity index (χ4n) is 1.40. The zero-order valence-corrected chi connectivity index (χ0v) is 10.1. The van der Waals surface area contributed by atoms with Gasteiger partial charge in [-0.3, -0.25) is 0 Å². The molecule has 4 heteroatoms. The second-order valence-electron chi connectivity index (χ2n) is 4.15. The van der Waals surface area contributed by atoms with Gasteiger partial charge < -0.3 is 10.0 Å². The maximum atomic E-state index is 9.75. The molecule has 1 heterocycles. The molecule has 0 unspecified atom stereocenters. The van der Waals surface area contributed by atoms with Gasteiger partial charge >= 0.3 is 0 Å². The van der Waals surface area contributed by atoms with Crippen molar-refractivity contribution in [2.45, 2.75) is 26.4 Å². The Morgan fingerprint density at radius 2 is 2.13 bits per heavy atom. The van der Waals surface area contributed by atoms with E-state index in [0.29, 0.717) is 11.7 Å². The van der Waals surface area contributed by atoms with Gasteiger partial charge in [0, 0.05) is 13.1 Å². The van der Waals surface area contributed by atoms with Crippen molar-refractivity contribution >= 4 is 17.4 Å². The lowest BCUT2D eigenvalue weighted by atomic mass is 10.1. The number of pyridine rings is 1. The van der Waals surface area contributed by atoms with Crippen LogP contribution >= 0.6 is 11.6 Å². The molecule has 1 aromatic rings. The van der Waals surface area contributed by atoms with Crippen LogP contribution < -0.4 is 4.90 Å². The second-order valence-corrected chi connectivity index (χ2v) is 4.53. The van der Waals surface area contributed by atoms with E-state index in [2.05, 4.69) is 4.98 Å². The number of hydrogen-bond acceptors (Lipinski definition) is 3. The fraction of sp³-hybridized carbons (Fsp3) is 0.545. The van der Waals surface area contributed by atoms with Crippen LogP contribution in [0.25, 0.3) is 0 Å². The number of anilines is 1. The van der Waals surface area contributed by atoms with Gasteiger partial charge in [0.05, 0.1) is 5.60 Å². The Bertz CT molecular complexity index is 323. The quantitative estimate of drug-likeness (QED) is 0.804. The molecule has 1 N–H and O–H groups in total. The third kappa shape index (κ3) is 4.06. The van der Waals surface area contributed by atoms with Gasteiger partial charge in [-0.05, 0) is 32.9 Å². The summed E-state index contributed by atoms with van der Waals surface area (Å²) in [5.74, 6) is 0.798. The summed E-state index contributed by atoms with van der Waals surface area (Å²) < 4.78 is 0. The molecule has 0 radical (unpaired) electrons. The maximum Gasteiger partial charge on any atom is 0.131 e. The minimum atomic E-state index is -0.736. The highest BCUT2D eigenvalue weighted by Gasteiger charge is 2.18. The summed E-state index contributed by atoms with van der Waals surface area (Å²) in [5.41, 5.74) is -0.736. The Morgan fingerprint density at radius 3 is 2.60 bits per heavy atom. The molecule has 0 spiro atoms. The van der Waals surface area contributed by atoms with Crippen LogP contribution in [-0.4, -0.2) is 28.8 Å². The first kappa shape index (κ1) is 12.3. The molecule has 0 amide bonds. The van der Waals surface area contributed by atoms with E-state index in [1.165, 1.54) is 0 Å². The number of aromatic nitrogens is 1. The fourth-order valence-corrected chi connectivity index (χ4v) is 1.55. The first-order valence-corrected chi connectivity index (χ1v) is 5.40. The van der Waals surface area contributed by atoms with E-state index in [1.807, 2.05) is 24.0 Å². The summed E-state index contributed by atoms with van der Waals surface area (Å²) in [5, 5.41) is 10.2. The van der Waals surface area contributed by atoms with Crippen molar-refractivity contribution in [1.29, 1.82) is 0 Å². The molecule has 1 aromatic heterocycles. The van der Waals surface area contributed by atoms with E-state index in [9.17, 15) is 5.11 Å². The molecule has 0 fully saturated rings. The van der Waals surface area contributed by atoms with E-state index >= 15 is 0 Å². The molecule has 0 bridgehead atoms. The Labute approximate surface area is 95.7 Å². The summed E-state index contributed by atoms with van der Waals surface area (Å²) in [4.78, 5) is 6.20. The number of halogens is 1. The zero-order chi connectivity index (χ0) is 11.5. The van der Waals surface area contributed by atoms with Crippen LogP contribution in [0.2, 0.25) is 5.15 Å². The molecule has 0 aliphatic heterocycles. The van der Waals surface area contributed by atoms with Crippen molar-refractivity contribution in [1.82, 2.24) is 4.98 Å². The number of nitrogens with zero attached hydrogens (tertiary/aromatic N) is 2. The van der Waals surface area contributed by atoms with Crippen LogP contribution in [0.5, 0.6) is 0 Å². The van der Waals surface area contributed by atoms with Gasteiger partial charge in [-0.25, -0.2) is 4.98 Å². The molecule has 0 aliphatic rings. The standard InChI is InChI=1S/C11H17ClN2O/c1-4-14(8-11(2,3)15)10-7-5-6-9(12)13-10/h5-7,15H,4,8H2,1-3H3. The van der Waals surface area contributed by atoms with Crippen molar-refractivity contribution in [3.63, 3.8) is 0 Å². The average molecular weight is 229 g/mol. The first-order chi connectivity index (χ1) is 6.92. The Hall–Kier alpha value is -0.800. The van der Waals surface area contributed by atoms with Crippen LogP contribution in [0, 0.1) is 0 Å². The lowest BCUT2D eigenvalue weighted by Gasteiger charge is -2.28. The van der Waals surface area contributed by atoms with Crippen LogP contribution in [0.4, 0.5) is 5.82 Å². The molecule has 0 aliphatic carbocycles. The molecule has 0 saturated heterocycles. The lowest BCUT2D eigenvalue weighted by molar-refractivity contribution is 0.0874. The van der Waals surface area contributed by atoms with Gasteiger partial charge in [-0.15, -0.1) is 0 Å². The monoisotopic (exact) mass is 228 g/mol. The SMILES string of the molecule is CCN(CC(C)(C)O)c1cccc(Cl)n1. The molecule has 1 rings (SSSR count). The van der Waals surface area contributed by atoms with E-state index in [0.717, 1.165) is 12.4 Å². The van der Waals surface area contributed by atoms with E-state index in [1.54, 1.807) is 19.9 Å². The molecular formula is C11H17ClN2O. The minimum absolute atomic E-state index is 0.474. The van der Waals surface area contributed by atoms with Crippen molar-refractivity contribution < 1.29 is 5.11 Å². The molecule has 0 saturated carbocycles. The lowest BCUT2D eigenvalue weighted by Crippen LogP contribution is -2.39. The highest BCUT2D eigenvalue weighted by atomic mass is 35.5. The third-order valence-corrected chi connectivity index (χ3v) is 2.19. The largest absolute Gasteiger partial charge is 0.389 e. The number of hydrogen-bond donors (Lipinski definition) is 1. The topological polar surface area (TPSA) is 36.4 Å². The molecule has 3 nitrogen and oxygen atoms in total. The average Bonchev–Trinajstić information content (AvgIpc) is 2.13. The summed E-state index contributed by atoms with van der Waals surface area (Å²) >= 11 is 5.82. The smallest absolute Gasteiger partial charge is 0.131 e. The van der Waals surface area contributed by atoms with Gasteiger partial charge in [-0.1, -0.05) is 17.7 Å². The van der Waals surface area contributed by atoms with Crippen molar-refractivity contribution in [3.05, 3.63) is 23.4 Å². The van der Waals surface area contributed by atoms with Crippen LogP contribution in [0.3, 0.4) is 0 Å². The Kier molecular flexibility index (Phi) is 3.94. The van der Waals surface area contributed by atoms with Gasteiger partial charge in [0.25, 0.3) is 0 Å². The van der Waals surface area contributed by atoms with Crippen molar-refractivity contribution in [3.8, 4) is 0 Å². The predicted octanol–water partition coefficient (Wildman–Crippen LogP) is 2.33. The van der Waals surface area contributed by atoms with Crippen LogP contribution in [0.15, 0.2) is 18.2 Å². The molecule has 0 aromatic carbocycles. The Morgan fingerprint density at radius 1 is 1.47 bits per heavy atom. The van der Waals surface area contributed by atoms with E-state index < -0.39 is 5.60 Å². The highest BCUT2D eigenvalue weighted by molar-refractivity contribution is 6.29. The number of likely N-dealkylation sites (N-methyl/N-ethyl adjacent to an activating group) is 1.